The number of sulfonamides is 1. The molecule has 29 heavy (non-hydrogen) atoms. The van der Waals surface area contributed by atoms with Gasteiger partial charge in [0.15, 0.2) is 6.10 Å². The Labute approximate surface area is 177 Å². The first-order chi connectivity index (χ1) is 13.7. The van der Waals surface area contributed by atoms with Gasteiger partial charge >= 0.3 is 0 Å². The Morgan fingerprint density at radius 1 is 1.17 bits per heavy atom. The third-order valence-corrected chi connectivity index (χ3v) is 6.31. The number of ether oxygens (including phenoxy) is 1. The number of primary amides is 1. The lowest BCUT2D eigenvalue weighted by atomic mass is 10.1. The maximum absolute atomic E-state index is 12.8. The predicted molar refractivity (Wildman–Crippen MR) is 109 cm³/mol. The molecule has 1 fully saturated rings. The molecular weight excluding hydrogens is 441 g/mol. The van der Waals surface area contributed by atoms with Crippen LogP contribution in [0.1, 0.15) is 10.4 Å². The van der Waals surface area contributed by atoms with Crippen LogP contribution in [0.15, 0.2) is 47.4 Å². The summed E-state index contributed by atoms with van der Waals surface area (Å²) in [5.41, 5.74) is 5.66. The van der Waals surface area contributed by atoms with Gasteiger partial charge < -0.3 is 15.4 Å². The molecule has 2 aromatic rings. The van der Waals surface area contributed by atoms with Crippen molar-refractivity contribution < 1.29 is 22.7 Å². The van der Waals surface area contributed by atoms with E-state index in [0.717, 1.165) is 0 Å². The first kappa shape index (κ1) is 21.4. The first-order valence-electron chi connectivity index (χ1n) is 8.45. The number of benzene rings is 2. The normalized spacial score (nSPS) is 17.0. The van der Waals surface area contributed by atoms with Crippen LogP contribution in [0.3, 0.4) is 0 Å². The molecule has 1 saturated heterocycles. The zero-order valence-corrected chi connectivity index (χ0v) is 17.3. The van der Waals surface area contributed by atoms with E-state index in [2.05, 4.69) is 4.72 Å². The summed E-state index contributed by atoms with van der Waals surface area (Å²) in [5.74, 6) is -1.02. The summed E-state index contributed by atoms with van der Waals surface area (Å²) in [6.07, 6.45) is -0.876. The lowest BCUT2D eigenvalue weighted by Gasteiger charge is -2.31. The number of morpholine rings is 1. The van der Waals surface area contributed by atoms with Gasteiger partial charge in [-0.15, -0.1) is 0 Å². The van der Waals surface area contributed by atoms with Crippen LogP contribution in [0.25, 0.3) is 0 Å². The first-order valence-corrected chi connectivity index (χ1v) is 10.7. The maximum atomic E-state index is 12.8. The van der Waals surface area contributed by atoms with Crippen molar-refractivity contribution in [1.29, 1.82) is 0 Å². The summed E-state index contributed by atoms with van der Waals surface area (Å²) >= 11 is 11.8. The van der Waals surface area contributed by atoms with Gasteiger partial charge in [-0.05, 0) is 36.4 Å². The molecule has 3 rings (SSSR count). The van der Waals surface area contributed by atoms with Gasteiger partial charge in [-0.1, -0.05) is 29.3 Å². The molecular formula is C18H17Cl2N3O5S. The van der Waals surface area contributed by atoms with Crippen molar-refractivity contribution in [1.82, 2.24) is 4.90 Å². The summed E-state index contributed by atoms with van der Waals surface area (Å²) in [6, 6.07) is 10.1. The summed E-state index contributed by atoms with van der Waals surface area (Å²) in [4.78, 5) is 25.3. The van der Waals surface area contributed by atoms with Crippen molar-refractivity contribution in [3.05, 3.63) is 58.1 Å². The molecule has 1 unspecified atom stereocenters. The Hall–Kier alpha value is -2.33. The molecule has 1 aliphatic heterocycles. The SMILES string of the molecule is NC(=O)C1CN(C(=O)c2cccc(NS(=O)(=O)c3cc(Cl)ccc3Cl)c2)CCO1. The molecule has 3 N–H and O–H groups in total. The molecule has 154 valence electrons. The molecule has 0 radical (unpaired) electrons. The van der Waals surface area contributed by atoms with Gasteiger partial charge in [0.25, 0.3) is 15.9 Å². The average molecular weight is 458 g/mol. The minimum atomic E-state index is -4.03. The zero-order chi connectivity index (χ0) is 21.2. The number of carbonyl (C=O) groups is 2. The molecule has 1 aliphatic rings. The molecule has 1 heterocycles. The Morgan fingerprint density at radius 2 is 1.93 bits per heavy atom. The number of hydrogen-bond donors (Lipinski definition) is 2. The molecule has 1 atom stereocenters. The predicted octanol–water partition coefficient (Wildman–Crippen LogP) is 2.12. The third kappa shape index (κ3) is 4.99. The van der Waals surface area contributed by atoms with Crippen molar-refractivity contribution in [2.24, 2.45) is 5.73 Å². The van der Waals surface area contributed by atoms with E-state index >= 15 is 0 Å². The fourth-order valence-electron chi connectivity index (χ4n) is 2.80. The molecule has 8 nitrogen and oxygen atoms in total. The van der Waals surface area contributed by atoms with Crippen LogP contribution in [-0.2, 0) is 19.6 Å². The molecule has 2 aromatic carbocycles. The second kappa shape index (κ2) is 8.58. The molecule has 0 aromatic heterocycles. The highest BCUT2D eigenvalue weighted by Crippen LogP contribution is 2.27. The largest absolute Gasteiger partial charge is 0.367 e. The number of anilines is 1. The lowest BCUT2D eigenvalue weighted by molar-refractivity contribution is -0.133. The van der Waals surface area contributed by atoms with E-state index in [1.54, 1.807) is 6.07 Å². The smallest absolute Gasteiger partial charge is 0.263 e. The van der Waals surface area contributed by atoms with Gasteiger partial charge in [0.2, 0.25) is 5.91 Å². The van der Waals surface area contributed by atoms with Gasteiger partial charge in [-0.3, -0.25) is 14.3 Å². The van der Waals surface area contributed by atoms with Gasteiger partial charge in [-0.2, -0.15) is 0 Å². The van der Waals surface area contributed by atoms with E-state index in [1.165, 1.54) is 41.3 Å². The van der Waals surface area contributed by atoms with Crippen LogP contribution in [-0.4, -0.2) is 50.9 Å². The number of amides is 2. The highest BCUT2D eigenvalue weighted by atomic mass is 35.5. The number of halogens is 2. The maximum Gasteiger partial charge on any atom is 0.263 e. The van der Waals surface area contributed by atoms with E-state index in [0.29, 0.717) is 0 Å². The van der Waals surface area contributed by atoms with Gasteiger partial charge in [0.05, 0.1) is 18.2 Å². The monoisotopic (exact) mass is 457 g/mol. The van der Waals surface area contributed by atoms with E-state index < -0.39 is 22.0 Å². The standard InChI is InChI=1S/C18H17Cl2N3O5S/c19-12-4-5-14(20)16(9-12)29(26,27)22-13-3-1-2-11(8-13)18(25)23-6-7-28-15(10-23)17(21)24/h1-5,8-9,15,22H,6-7,10H2,(H2,21,24). The summed E-state index contributed by atoms with van der Waals surface area (Å²) in [5, 5.41) is 0.231. The van der Waals surface area contributed by atoms with E-state index in [9.17, 15) is 18.0 Å². The number of nitrogens with one attached hydrogen (secondary N) is 1. The summed E-state index contributed by atoms with van der Waals surface area (Å²) in [7, 11) is -4.03. The summed E-state index contributed by atoms with van der Waals surface area (Å²) < 4.78 is 32.9. The Balaban J connectivity index is 1.81. The van der Waals surface area contributed by atoms with Crippen molar-refractivity contribution >= 4 is 50.7 Å². The minimum absolute atomic E-state index is 0.0138. The van der Waals surface area contributed by atoms with Crippen LogP contribution in [0.2, 0.25) is 10.0 Å². The zero-order valence-electron chi connectivity index (χ0n) is 15.0. The lowest BCUT2D eigenvalue weighted by Crippen LogP contribution is -2.50. The van der Waals surface area contributed by atoms with Gasteiger partial charge in [0.1, 0.15) is 4.90 Å². The van der Waals surface area contributed by atoms with Crippen LogP contribution in [0.5, 0.6) is 0 Å². The fourth-order valence-corrected chi connectivity index (χ4v) is 4.61. The Morgan fingerprint density at radius 3 is 2.66 bits per heavy atom. The molecule has 0 aliphatic carbocycles. The van der Waals surface area contributed by atoms with E-state index in [1.807, 2.05) is 0 Å². The molecule has 2 amide bonds. The topological polar surface area (TPSA) is 119 Å². The number of carbonyl (C=O) groups excluding carboxylic acids is 2. The van der Waals surface area contributed by atoms with E-state index in [4.69, 9.17) is 33.7 Å². The average Bonchev–Trinajstić information content (AvgIpc) is 2.69. The third-order valence-electron chi connectivity index (χ3n) is 4.22. The van der Waals surface area contributed by atoms with Gasteiger partial charge in [-0.25, -0.2) is 8.42 Å². The quantitative estimate of drug-likeness (QED) is 0.712. The Bertz CT molecular complexity index is 1060. The number of nitrogens with two attached hydrogens (primary N) is 1. The van der Waals surface area contributed by atoms with Crippen molar-refractivity contribution in [2.75, 3.05) is 24.4 Å². The minimum Gasteiger partial charge on any atom is -0.367 e. The highest BCUT2D eigenvalue weighted by molar-refractivity contribution is 7.92. The van der Waals surface area contributed by atoms with Crippen molar-refractivity contribution in [3.8, 4) is 0 Å². The number of hydrogen-bond acceptors (Lipinski definition) is 5. The van der Waals surface area contributed by atoms with Crippen LogP contribution in [0, 0.1) is 0 Å². The van der Waals surface area contributed by atoms with E-state index in [-0.39, 0.29) is 51.8 Å². The molecule has 0 bridgehead atoms. The number of rotatable bonds is 5. The molecule has 11 heteroatoms. The van der Waals surface area contributed by atoms with Crippen LogP contribution >= 0.6 is 23.2 Å². The van der Waals surface area contributed by atoms with Crippen molar-refractivity contribution in [3.63, 3.8) is 0 Å². The Kier molecular flexibility index (Phi) is 6.33. The fraction of sp³-hybridized carbons (Fsp3) is 0.222. The second-order valence-electron chi connectivity index (χ2n) is 6.27. The summed E-state index contributed by atoms with van der Waals surface area (Å²) in [6.45, 7) is 0.498. The van der Waals surface area contributed by atoms with Crippen LogP contribution in [0.4, 0.5) is 5.69 Å². The second-order valence-corrected chi connectivity index (χ2v) is 8.77. The van der Waals surface area contributed by atoms with Crippen molar-refractivity contribution in [2.45, 2.75) is 11.0 Å². The highest BCUT2D eigenvalue weighted by Gasteiger charge is 2.28. The van der Waals surface area contributed by atoms with Gasteiger partial charge in [0, 0.05) is 22.8 Å². The molecule has 0 saturated carbocycles. The van der Waals surface area contributed by atoms with Crippen LogP contribution < -0.4 is 10.5 Å². The number of nitrogens with zero attached hydrogens (tertiary/aromatic N) is 1. The molecule has 0 spiro atoms.